The summed E-state index contributed by atoms with van der Waals surface area (Å²) in [6, 6.07) is 0. The number of carbonyl (C=O) groups excluding carboxylic acids is 2. The van der Waals surface area contributed by atoms with Crippen LogP contribution in [0.15, 0.2) is 60.8 Å². The molecule has 0 saturated carbocycles. The molecule has 0 rings (SSSR count). The van der Waals surface area contributed by atoms with Crippen LogP contribution in [0, 0.1) is 0 Å². The SMILES string of the molecule is CC.CC/C=C\C/C=C\C/C=C\C/C=C\C/C=C\CCCC(=O)OCOC(=O)CC(O)C[N+](C)(C)C. The van der Waals surface area contributed by atoms with Gasteiger partial charge in [0.1, 0.15) is 12.6 Å². The number of nitrogens with zero attached hydrogens (tertiary/aromatic N) is 1. The van der Waals surface area contributed by atoms with E-state index in [9.17, 15) is 14.7 Å². The summed E-state index contributed by atoms with van der Waals surface area (Å²) in [7, 11) is 5.78. The number of aliphatic hydroxyl groups is 1. The predicted octanol–water partition coefficient (Wildman–Crippen LogP) is 6.44. The van der Waals surface area contributed by atoms with Crippen molar-refractivity contribution in [1.29, 1.82) is 0 Å². The molecule has 0 aromatic heterocycles. The second-order valence-electron chi connectivity index (χ2n) is 9.08. The maximum atomic E-state index is 11.7. The molecule has 1 N–H and O–H groups in total. The van der Waals surface area contributed by atoms with Crippen LogP contribution in [0.1, 0.15) is 78.6 Å². The van der Waals surface area contributed by atoms with E-state index in [4.69, 9.17) is 9.47 Å². The number of ether oxygens (including phenoxy) is 2. The molecule has 0 saturated heterocycles. The third-order valence-electron chi connectivity index (χ3n) is 4.51. The Hall–Kier alpha value is -2.44. The first-order chi connectivity index (χ1) is 17.2. The highest BCUT2D eigenvalue weighted by Gasteiger charge is 2.19. The summed E-state index contributed by atoms with van der Waals surface area (Å²) in [4.78, 5) is 23.3. The molecule has 1 unspecified atom stereocenters. The zero-order chi connectivity index (χ0) is 27.5. The maximum absolute atomic E-state index is 11.7. The lowest BCUT2D eigenvalue weighted by atomic mass is 10.2. The standard InChI is InChI=1S/C28H46NO5.C2H6/c1-5-6-7-8-9-10-11-12-13-14-15-16-17-18-19-20-21-22-27(31)33-25-34-28(32)23-26(30)24-29(2,3)4;1-2/h6-7,9-10,12-13,15-16,18-19,26,30H,5,8,11,14,17,20-25H2,1-4H3;1-2H3/q+1;/b7-6-,10-9-,13-12-,16-15-,19-18-;. The summed E-state index contributed by atoms with van der Waals surface area (Å²) < 4.78 is 10.3. The van der Waals surface area contributed by atoms with Crippen LogP contribution in [0.4, 0.5) is 0 Å². The maximum Gasteiger partial charge on any atom is 0.311 e. The van der Waals surface area contributed by atoms with Crippen molar-refractivity contribution in [2.45, 2.75) is 84.7 Å². The van der Waals surface area contributed by atoms with E-state index < -0.39 is 24.8 Å². The van der Waals surface area contributed by atoms with E-state index in [0.29, 0.717) is 17.4 Å². The summed E-state index contributed by atoms with van der Waals surface area (Å²) in [5.41, 5.74) is 0. The van der Waals surface area contributed by atoms with Gasteiger partial charge in [-0.3, -0.25) is 9.59 Å². The van der Waals surface area contributed by atoms with Crippen LogP contribution < -0.4 is 0 Å². The van der Waals surface area contributed by atoms with Crippen molar-refractivity contribution in [3.05, 3.63) is 60.8 Å². The van der Waals surface area contributed by atoms with E-state index in [1.165, 1.54) is 0 Å². The van der Waals surface area contributed by atoms with Gasteiger partial charge in [-0.15, -0.1) is 0 Å². The Morgan fingerprint density at radius 1 is 0.750 bits per heavy atom. The molecule has 0 heterocycles. The molecule has 0 amide bonds. The predicted molar refractivity (Wildman–Crippen MR) is 150 cm³/mol. The Bertz CT molecular complexity index is 684. The third kappa shape index (κ3) is 29.6. The van der Waals surface area contributed by atoms with Crippen molar-refractivity contribution < 1.29 is 28.7 Å². The molecule has 0 fully saturated rings. The summed E-state index contributed by atoms with van der Waals surface area (Å²) in [5.74, 6) is -0.973. The quantitative estimate of drug-likeness (QED) is 0.0718. The van der Waals surface area contributed by atoms with Crippen molar-refractivity contribution >= 4 is 11.9 Å². The van der Waals surface area contributed by atoms with E-state index in [1.54, 1.807) is 0 Å². The number of rotatable bonds is 19. The largest absolute Gasteiger partial charge is 0.428 e. The van der Waals surface area contributed by atoms with Crippen molar-refractivity contribution in [3.8, 4) is 0 Å². The van der Waals surface area contributed by atoms with E-state index in [1.807, 2.05) is 35.0 Å². The molecule has 6 heteroatoms. The van der Waals surface area contributed by atoms with E-state index in [-0.39, 0.29) is 12.8 Å². The average Bonchev–Trinajstić information content (AvgIpc) is 2.81. The van der Waals surface area contributed by atoms with Gasteiger partial charge < -0.3 is 19.1 Å². The lowest BCUT2D eigenvalue weighted by Crippen LogP contribution is -2.42. The molecule has 1 atom stereocenters. The van der Waals surface area contributed by atoms with Gasteiger partial charge >= 0.3 is 11.9 Å². The van der Waals surface area contributed by atoms with Gasteiger partial charge in [0.2, 0.25) is 6.79 Å². The molecule has 0 aromatic carbocycles. The Morgan fingerprint density at radius 2 is 1.19 bits per heavy atom. The summed E-state index contributed by atoms with van der Waals surface area (Å²) >= 11 is 0. The Kier molecular flexibility index (Phi) is 25.4. The number of unbranched alkanes of at least 4 members (excludes halogenated alkanes) is 1. The zero-order valence-corrected chi connectivity index (χ0v) is 23.7. The van der Waals surface area contributed by atoms with Gasteiger partial charge in [-0.25, -0.2) is 0 Å². The van der Waals surface area contributed by atoms with Gasteiger partial charge in [0.05, 0.1) is 27.6 Å². The molecular formula is C30H52NO5+. The highest BCUT2D eigenvalue weighted by Crippen LogP contribution is 2.03. The Balaban J connectivity index is 0. The van der Waals surface area contributed by atoms with Crippen LogP contribution >= 0.6 is 0 Å². The van der Waals surface area contributed by atoms with Gasteiger partial charge in [-0.1, -0.05) is 81.5 Å². The molecule has 0 aromatic rings. The number of hydrogen-bond donors (Lipinski definition) is 1. The van der Waals surface area contributed by atoms with Crippen molar-refractivity contribution in [3.63, 3.8) is 0 Å². The monoisotopic (exact) mass is 506 g/mol. The zero-order valence-electron chi connectivity index (χ0n) is 23.7. The number of allylic oxidation sites excluding steroid dienone is 10. The molecular weight excluding hydrogens is 454 g/mol. The highest BCUT2D eigenvalue weighted by molar-refractivity contribution is 5.71. The minimum atomic E-state index is -0.785. The number of carbonyl (C=O) groups is 2. The van der Waals surface area contributed by atoms with Crippen LogP contribution in [0.5, 0.6) is 0 Å². The smallest absolute Gasteiger partial charge is 0.311 e. The number of esters is 2. The van der Waals surface area contributed by atoms with Crippen LogP contribution in [0.25, 0.3) is 0 Å². The molecule has 206 valence electrons. The Morgan fingerprint density at radius 3 is 1.67 bits per heavy atom. The first kappa shape index (κ1) is 35.7. The van der Waals surface area contributed by atoms with Gasteiger partial charge in [-0.05, 0) is 44.9 Å². The molecule has 0 aliphatic carbocycles. The number of hydrogen-bond acceptors (Lipinski definition) is 5. The van der Waals surface area contributed by atoms with Crippen molar-refractivity contribution in [2.24, 2.45) is 0 Å². The number of quaternary nitrogens is 1. The number of likely N-dealkylation sites (N-methyl/N-ethyl adjacent to an activating group) is 1. The summed E-state index contributed by atoms with van der Waals surface area (Å²) in [6.07, 6.45) is 27.2. The first-order valence-corrected chi connectivity index (χ1v) is 13.3. The average molecular weight is 507 g/mol. The summed E-state index contributed by atoms with van der Waals surface area (Å²) in [6.45, 7) is 6.17. The van der Waals surface area contributed by atoms with Gasteiger partial charge in [0.15, 0.2) is 0 Å². The van der Waals surface area contributed by atoms with Crippen molar-refractivity contribution in [2.75, 3.05) is 34.5 Å². The second-order valence-corrected chi connectivity index (χ2v) is 9.08. The molecule has 0 spiro atoms. The van der Waals surface area contributed by atoms with Gasteiger partial charge in [0.25, 0.3) is 0 Å². The molecule has 0 aliphatic rings. The molecule has 6 nitrogen and oxygen atoms in total. The topological polar surface area (TPSA) is 72.8 Å². The highest BCUT2D eigenvalue weighted by atomic mass is 16.7. The van der Waals surface area contributed by atoms with Gasteiger partial charge in [-0.2, -0.15) is 0 Å². The molecule has 0 radical (unpaired) electrons. The number of aliphatic hydroxyl groups excluding tert-OH is 1. The minimum Gasteiger partial charge on any atom is -0.428 e. The minimum absolute atomic E-state index is 0.114. The lowest BCUT2D eigenvalue weighted by Gasteiger charge is -2.26. The van der Waals surface area contributed by atoms with Crippen LogP contribution in [0.2, 0.25) is 0 Å². The third-order valence-corrected chi connectivity index (χ3v) is 4.51. The van der Waals surface area contributed by atoms with E-state index >= 15 is 0 Å². The second kappa shape index (κ2) is 25.6. The molecule has 0 bridgehead atoms. The normalized spacial score (nSPS) is 13.1. The lowest BCUT2D eigenvalue weighted by molar-refractivity contribution is -0.873. The first-order valence-electron chi connectivity index (χ1n) is 13.3. The molecule has 36 heavy (non-hydrogen) atoms. The Labute approximate surface area is 220 Å². The van der Waals surface area contributed by atoms with Crippen LogP contribution in [0.3, 0.4) is 0 Å². The van der Waals surface area contributed by atoms with E-state index in [0.717, 1.165) is 38.5 Å². The summed E-state index contributed by atoms with van der Waals surface area (Å²) in [5, 5.41) is 9.84. The van der Waals surface area contributed by atoms with Crippen LogP contribution in [-0.4, -0.2) is 62.1 Å². The van der Waals surface area contributed by atoms with E-state index in [2.05, 4.69) is 67.7 Å². The fourth-order valence-corrected chi connectivity index (χ4v) is 2.91. The van der Waals surface area contributed by atoms with Crippen LogP contribution in [-0.2, 0) is 19.1 Å². The fraction of sp³-hybridized carbons (Fsp3) is 0.600. The fourth-order valence-electron chi connectivity index (χ4n) is 2.91. The molecule has 0 aliphatic heterocycles. The van der Waals surface area contributed by atoms with Crippen molar-refractivity contribution in [1.82, 2.24) is 0 Å². The van der Waals surface area contributed by atoms with Gasteiger partial charge in [0, 0.05) is 6.42 Å².